The molecule has 1 unspecified atom stereocenters. The van der Waals surface area contributed by atoms with Gasteiger partial charge in [0.1, 0.15) is 11.2 Å². The maximum atomic E-state index is 12.5. The molecule has 1 amide bonds. The number of hydrogen-bond donors (Lipinski definition) is 1. The molecule has 20 heavy (non-hydrogen) atoms. The van der Waals surface area contributed by atoms with Crippen LogP contribution in [0.4, 0.5) is 0 Å². The molecule has 2 aromatic rings. The minimum atomic E-state index is 0. The summed E-state index contributed by atoms with van der Waals surface area (Å²) < 4.78 is 1.52. The maximum Gasteiger partial charge on any atom is 0.266 e. The third-order valence-electron chi connectivity index (χ3n) is 3.34. The van der Waals surface area contributed by atoms with Crippen LogP contribution in [-0.2, 0) is 0 Å². The smallest absolute Gasteiger partial charge is 0.266 e. The van der Waals surface area contributed by atoms with Crippen LogP contribution in [0.1, 0.15) is 16.1 Å². The molecule has 1 saturated heterocycles. The van der Waals surface area contributed by atoms with E-state index in [1.54, 1.807) is 4.90 Å². The number of carbonyl (C=O) groups is 1. The zero-order chi connectivity index (χ0) is 13.2. The van der Waals surface area contributed by atoms with Crippen molar-refractivity contribution < 1.29 is 4.79 Å². The van der Waals surface area contributed by atoms with Crippen LogP contribution in [0.15, 0.2) is 17.8 Å². The summed E-state index contributed by atoms with van der Waals surface area (Å²) in [6.45, 7) is 1.82. The van der Waals surface area contributed by atoms with Gasteiger partial charge in [0.05, 0.1) is 5.69 Å². The van der Waals surface area contributed by atoms with Crippen LogP contribution >= 0.6 is 23.7 Å². The fourth-order valence-corrected chi connectivity index (χ4v) is 3.07. The van der Waals surface area contributed by atoms with E-state index >= 15 is 0 Å². The molecule has 1 N–H and O–H groups in total. The molecule has 2 aromatic heterocycles. The zero-order valence-electron chi connectivity index (χ0n) is 10.9. The fourth-order valence-electron chi connectivity index (χ4n) is 2.21. The van der Waals surface area contributed by atoms with Gasteiger partial charge in [-0.2, -0.15) is 4.68 Å². The van der Waals surface area contributed by atoms with Gasteiger partial charge >= 0.3 is 0 Å². The van der Waals surface area contributed by atoms with Gasteiger partial charge in [0, 0.05) is 19.6 Å². The third kappa shape index (κ3) is 2.67. The highest BCUT2D eigenvalue weighted by molar-refractivity contribution is 7.12. The normalized spacial score (nSPS) is 17.8. The van der Waals surface area contributed by atoms with Crippen LogP contribution in [-0.4, -0.2) is 57.2 Å². The van der Waals surface area contributed by atoms with Crippen molar-refractivity contribution in [2.75, 3.05) is 20.1 Å². The van der Waals surface area contributed by atoms with Crippen molar-refractivity contribution >= 4 is 29.7 Å². The monoisotopic (exact) mass is 314 g/mol. The molecule has 9 heteroatoms. The maximum absolute atomic E-state index is 12.5. The van der Waals surface area contributed by atoms with Crippen LogP contribution in [0.5, 0.6) is 0 Å². The van der Waals surface area contributed by atoms with Gasteiger partial charge in [-0.05, 0) is 34.8 Å². The minimum Gasteiger partial charge on any atom is -0.337 e. The predicted molar refractivity (Wildman–Crippen MR) is 77.6 cm³/mol. The van der Waals surface area contributed by atoms with Crippen LogP contribution in [0, 0.1) is 0 Å². The Morgan fingerprint density at radius 1 is 1.60 bits per heavy atom. The second-order valence-corrected chi connectivity index (χ2v) is 5.37. The summed E-state index contributed by atoms with van der Waals surface area (Å²) in [7, 11) is 1.85. The van der Waals surface area contributed by atoms with Crippen LogP contribution in [0.2, 0.25) is 0 Å². The molecule has 0 saturated carbocycles. The number of amides is 1. The van der Waals surface area contributed by atoms with Gasteiger partial charge in [-0.1, -0.05) is 0 Å². The zero-order valence-corrected chi connectivity index (χ0v) is 12.5. The lowest BCUT2D eigenvalue weighted by Crippen LogP contribution is -2.38. The molecule has 0 aliphatic carbocycles. The minimum absolute atomic E-state index is 0. The van der Waals surface area contributed by atoms with Gasteiger partial charge in [-0.3, -0.25) is 4.79 Å². The van der Waals surface area contributed by atoms with Crippen molar-refractivity contribution in [2.45, 2.75) is 12.5 Å². The number of rotatable bonds is 3. The van der Waals surface area contributed by atoms with Gasteiger partial charge < -0.3 is 10.2 Å². The second-order valence-electron chi connectivity index (χ2n) is 4.45. The van der Waals surface area contributed by atoms with Crippen molar-refractivity contribution in [2.24, 2.45) is 0 Å². The molecular formula is C11H15ClN6OS. The highest BCUT2D eigenvalue weighted by Crippen LogP contribution is 2.23. The molecule has 0 aromatic carbocycles. The van der Waals surface area contributed by atoms with E-state index in [4.69, 9.17) is 0 Å². The molecule has 1 atom stereocenters. The summed E-state index contributed by atoms with van der Waals surface area (Å²) in [6, 6.07) is 2.12. The average molecular weight is 315 g/mol. The Kier molecular flexibility index (Phi) is 4.69. The van der Waals surface area contributed by atoms with Crippen molar-refractivity contribution in [3.8, 4) is 5.69 Å². The Morgan fingerprint density at radius 3 is 3.10 bits per heavy atom. The van der Waals surface area contributed by atoms with E-state index in [1.807, 2.05) is 18.5 Å². The molecule has 0 bridgehead atoms. The van der Waals surface area contributed by atoms with E-state index in [9.17, 15) is 4.79 Å². The van der Waals surface area contributed by atoms with E-state index in [2.05, 4.69) is 20.8 Å². The molecule has 108 valence electrons. The Bertz CT molecular complexity index is 565. The summed E-state index contributed by atoms with van der Waals surface area (Å²) in [6.07, 6.45) is 2.49. The Morgan fingerprint density at radius 2 is 2.45 bits per heavy atom. The van der Waals surface area contributed by atoms with Gasteiger partial charge in [0.2, 0.25) is 0 Å². The van der Waals surface area contributed by atoms with Gasteiger partial charge in [-0.25, -0.2) is 0 Å². The number of hydrogen-bond acceptors (Lipinski definition) is 6. The first kappa shape index (κ1) is 14.9. The van der Waals surface area contributed by atoms with E-state index < -0.39 is 0 Å². The number of nitrogens with one attached hydrogen (secondary N) is 1. The number of carbonyl (C=O) groups excluding carboxylic acids is 1. The third-order valence-corrected chi connectivity index (χ3v) is 4.23. The first-order valence-corrected chi connectivity index (χ1v) is 6.94. The molecule has 3 rings (SSSR count). The molecule has 0 spiro atoms. The van der Waals surface area contributed by atoms with Crippen molar-refractivity contribution in [1.29, 1.82) is 0 Å². The van der Waals surface area contributed by atoms with E-state index in [0.29, 0.717) is 4.88 Å². The number of tetrazole rings is 1. The van der Waals surface area contributed by atoms with E-state index in [-0.39, 0.29) is 24.4 Å². The molecule has 1 aliphatic heterocycles. The molecule has 1 fully saturated rings. The van der Waals surface area contributed by atoms with E-state index in [1.165, 1.54) is 22.3 Å². The lowest BCUT2D eigenvalue weighted by atomic mass is 10.2. The number of halogens is 1. The Hall–Kier alpha value is -1.51. The highest BCUT2D eigenvalue weighted by atomic mass is 35.5. The van der Waals surface area contributed by atoms with Gasteiger partial charge in [-0.15, -0.1) is 28.8 Å². The van der Waals surface area contributed by atoms with Crippen LogP contribution in [0.3, 0.4) is 0 Å². The van der Waals surface area contributed by atoms with Crippen molar-refractivity contribution in [3.63, 3.8) is 0 Å². The topological polar surface area (TPSA) is 75.9 Å². The molecular weight excluding hydrogens is 300 g/mol. The van der Waals surface area contributed by atoms with Gasteiger partial charge in [0.15, 0.2) is 0 Å². The lowest BCUT2D eigenvalue weighted by molar-refractivity contribution is 0.0748. The van der Waals surface area contributed by atoms with Crippen molar-refractivity contribution in [3.05, 3.63) is 22.7 Å². The van der Waals surface area contributed by atoms with Crippen LogP contribution in [0.25, 0.3) is 5.69 Å². The summed E-state index contributed by atoms with van der Waals surface area (Å²) >= 11 is 1.42. The average Bonchev–Trinajstić information content (AvgIpc) is 3.15. The van der Waals surface area contributed by atoms with E-state index in [0.717, 1.165) is 25.2 Å². The van der Waals surface area contributed by atoms with Crippen LogP contribution < -0.4 is 5.32 Å². The first-order valence-electron chi connectivity index (χ1n) is 6.06. The number of likely N-dealkylation sites (N-methyl/N-ethyl adjacent to an activating group) is 1. The predicted octanol–water partition coefficient (Wildman–Crippen LogP) is 0.579. The standard InChI is InChI=1S/C11H14N6OS.ClH/c1-16(8-2-4-12-6-8)11(18)10-9(3-5-19-10)17-7-13-14-15-17;/h3,5,7-8,12H,2,4,6H2,1H3;1H. The molecule has 0 radical (unpaired) electrons. The summed E-state index contributed by atoms with van der Waals surface area (Å²) in [4.78, 5) is 15.0. The number of aromatic nitrogens is 4. The lowest BCUT2D eigenvalue weighted by Gasteiger charge is -2.23. The largest absolute Gasteiger partial charge is 0.337 e. The Balaban J connectivity index is 0.00000147. The van der Waals surface area contributed by atoms with Crippen molar-refractivity contribution in [1.82, 2.24) is 30.4 Å². The van der Waals surface area contributed by atoms with Gasteiger partial charge in [0.25, 0.3) is 5.91 Å². The molecule has 1 aliphatic rings. The molecule has 7 nitrogen and oxygen atoms in total. The fraction of sp³-hybridized carbons (Fsp3) is 0.455. The summed E-state index contributed by atoms with van der Waals surface area (Å²) in [5, 5.41) is 16.2. The molecule has 3 heterocycles. The summed E-state index contributed by atoms with van der Waals surface area (Å²) in [5.41, 5.74) is 0.734. The summed E-state index contributed by atoms with van der Waals surface area (Å²) in [5.74, 6) is 0.0224. The second kappa shape index (κ2) is 6.29. The quantitative estimate of drug-likeness (QED) is 0.897. The Labute approximate surface area is 126 Å². The highest BCUT2D eigenvalue weighted by Gasteiger charge is 2.26. The first-order chi connectivity index (χ1) is 9.27. The number of nitrogens with zero attached hydrogens (tertiary/aromatic N) is 5. The number of thiophene rings is 1. The SMILES string of the molecule is CN(C(=O)c1sccc1-n1cnnn1)C1CCNC1.Cl.